The van der Waals surface area contributed by atoms with Crippen molar-refractivity contribution in [1.82, 2.24) is 14.7 Å². The van der Waals surface area contributed by atoms with E-state index in [2.05, 4.69) is 9.97 Å². The predicted molar refractivity (Wildman–Crippen MR) is 128 cm³/mol. The van der Waals surface area contributed by atoms with Crippen LogP contribution in [-0.2, 0) is 10.0 Å². The Morgan fingerprint density at radius 2 is 1.94 bits per heavy atom. The summed E-state index contributed by atoms with van der Waals surface area (Å²) in [6, 6.07) is 8.36. The maximum atomic E-state index is 14.5. The molecular formula is C24H25F2N5O3S. The number of nitrogen functional groups attached to an aromatic ring is 1. The van der Waals surface area contributed by atoms with Gasteiger partial charge in [-0.25, -0.2) is 31.9 Å². The number of benzene rings is 1. The fourth-order valence-corrected chi connectivity index (χ4v) is 5.55. The van der Waals surface area contributed by atoms with E-state index in [0.29, 0.717) is 6.54 Å². The van der Waals surface area contributed by atoms with Crippen molar-refractivity contribution in [3.05, 3.63) is 65.9 Å². The highest BCUT2D eigenvalue weighted by Gasteiger charge is 2.39. The molecule has 0 bridgehead atoms. The van der Waals surface area contributed by atoms with E-state index >= 15 is 0 Å². The molecule has 11 heteroatoms. The van der Waals surface area contributed by atoms with E-state index in [0.717, 1.165) is 24.6 Å². The van der Waals surface area contributed by atoms with Gasteiger partial charge in [-0.1, -0.05) is 6.92 Å². The quantitative estimate of drug-likeness (QED) is 0.547. The number of halogens is 2. The third kappa shape index (κ3) is 4.81. The Kier molecular flexibility index (Phi) is 6.22. The highest BCUT2D eigenvalue weighted by molar-refractivity contribution is 7.90. The number of nitrogens with zero attached hydrogens (tertiary/aromatic N) is 3. The number of anilines is 2. The molecule has 3 aromatic rings. The van der Waals surface area contributed by atoms with E-state index in [9.17, 15) is 22.0 Å². The molecule has 8 nitrogen and oxygen atoms in total. The van der Waals surface area contributed by atoms with Crippen molar-refractivity contribution >= 4 is 27.6 Å². The second-order valence-corrected chi connectivity index (χ2v) is 10.9. The zero-order valence-corrected chi connectivity index (χ0v) is 20.2. The largest absolute Gasteiger partial charge is 0.383 e. The molecule has 1 aliphatic rings. The SMILES string of the molecule is C[C@@H]1CN(c2nc(-c3cc(F)ccc3F)ccc2C(=O)NS(=O)(=O)c2cccnc2N)C(C)(C)C1. The highest BCUT2D eigenvalue weighted by Crippen LogP contribution is 2.38. The number of carbonyl (C=O) groups excluding carboxylic acids is 1. The van der Waals surface area contributed by atoms with Crippen LogP contribution in [-0.4, -0.2) is 36.4 Å². The Labute approximate surface area is 202 Å². The molecule has 2 aromatic heterocycles. The average Bonchev–Trinajstić information content (AvgIpc) is 3.06. The molecule has 0 radical (unpaired) electrons. The molecule has 0 saturated carbocycles. The van der Waals surface area contributed by atoms with Crippen LogP contribution in [0.1, 0.15) is 37.6 Å². The summed E-state index contributed by atoms with van der Waals surface area (Å²) in [5.74, 6) is -2.06. The second-order valence-electron chi connectivity index (χ2n) is 9.25. The third-order valence-electron chi connectivity index (χ3n) is 5.97. The number of pyridine rings is 2. The number of nitrogens with one attached hydrogen (secondary N) is 1. The number of aromatic nitrogens is 2. The maximum absolute atomic E-state index is 14.5. The zero-order valence-electron chi connectivity index (χ0n) is 19.4. The average molecular weight is 502 g/mol. The summed E-state index contributed by atoms with van der Waals surface area (Å²) in [5, 5.41) is 0. The van der Waals surface area contributed by atoms with Crippen molar-refractivity contribution in [2.24, 2.45) is 5.92 Å². The number of hydrogen-bond acceptors (Lipinski definition) is 7. The smallest absolute Gasteiger partial charge is 0.268 e. The van der Waals surface area contributed by atoms with E-state index in [1.807, 2.05) is 30.4 Å². The molecule has 184 valence electrons. The molecule has 4 rings (SSSR count). The fourth-order valence-electron chi connectivity index (χ4n) is 4.50. The summed E-state index contributed by atoms with van der Waals surface area (Å²) in [6.45, 7) is 6.54. The summed E-state index contributed by atoms with van der Waals surface area (Å²) in [6.07, 6.45) is 2.12. The van der Waals surface area contributed by atoms with Crippen molar-refractivity contribution in [1.29, 1.82) is 0 Å². The van der Waals surface area contributed by atoms with Gasteiger partial charge in [0.05, 0.1) is 11.3 Å². The molecule has 35 heavy (non-hydrogen) atoms. The van der Waals surface area contributed by atoms with E-state index < -0.39 is 33.1 Å². The van der Waals surface area contributed by atoms with Gasteiger partial charge in [0.2, 0.25) is 0 Å². The molecule has 1 amide bonds. The van der Waals surface area contributed by atoms with Gasteiger partial charge < -0.3 is 10.6 Å². The molecular weight excluding hydrogens is 476 g/mol. The van der Waals surface area contributed by atoms with Gasteiger partial charge >= 0.3 is 0 Å². The minimum atomic E-state index is -4.34. The minimum Gasteiger partial charge on any atom is -0.383 e. The highest BCUT2D eigenvalue weighted by atomic mass is 32.2. The van der Waals surface area contributed by atoms with Crippen LogP contribution in [0.3, 0.4) is 0 Å². The van der Waals surface area contributed by atoms with Crippen molar-refractivity contribution in [2.75, 3.05) is 17.2 Å². The summed E-state index contributed by atoms with van der Waals surface area (Å²) in [4.78, 5) is 23.1. The number of carbonyl (C=O) groups is 1. The van der Waals surface area contributed by atoms with Crippen LogP contribution in [0.2, 0.25) is 0 Å². The van der Waals surface area contributed by atoms with Crippen LogP contribution in [0.15, 0.2) is 53.6 Å². The normalized spacial score (nSPS) is 17.4. The number of hydrogen-bond donors (Lipinski definition) is 2. The van der Waals surface area contributed by atoms with Crippen molar-refractivity contribution < 1.29 is 22.0 Å². The first-order valence-electron chi connectivity index (χ1n) is 10.9. The lowest BCUT2D eigenvalue weighted by atomic mass is 9.97. The van der Waals surface area contributed by atoms with E-state index in [4.69, 9.17) is 5.73 Å². The molecule has 1 atom stereocenters. The molecule has 3 N–H and O–H groups in total. The van der Waals surface area contributed by atoms with Crippen LogP contribution in [0.5, 0.6) is 0 Å². The minimum absolute atomic E-state index is 0.0289. The summed E-state index contributed by atoms with van der Waals surface area (Å²) >= 11 is 0. The summed E-state index contributed by atoms with van der Waals surface area (Å²) < 4.78 is 56.0. The Morgan fingerprint density at radius 3 is 2.60 bits per heavy atom. The van der Waals surface area contributed by atoms with Crippen molar-refractivity contribution in [2.45, 2.75) is 37.6 Å². The lowest BCUT2D eigenvalue weighted by molar-refractivity contribution is 0.0981. The molecule has 1 aliphatic heterocycles. The van der Waals surface area contributed by atoms with Gasteiger partial charge in [-0.2, -0.15) is 0 Å². The van der Waals surface area contributed by atoms with Gasteiger partial charge in [-0.15, -0.1) is 0 Å². The second kappa shape index (κ2) is 8.88. The lowest BCUT2D eigenvalue weighted by Gasteiger charge is -2.34. The van der Waals surface area contributed by atoms with E-state index in [1.165, 1.54) is 30.5 Å². The molecule has 1 fully saturated rings. The van der Waals surface area contributed by atoms with Gasteiger partial charge in [0, 0.05) is 23.8 Å². The monoisotopic (exact) mass is 501 g/mol. The van der Waals surface area contributed by atoms with E-state index in [-0.39, 0.29) is 39.3 Å². The van der Waals surface area contributed by atoms with Crippen LogP contribution >= 0.6 is 0 Å². The van der Waals surface area contributed by atoms with Crippen LogP contribution in [0, 0.1) is 17.6 Å². The Bertz CT molecular complexity index is 1410. The first-order chi connectivity index (χ1) is 16.4. The van der Waals surface area contributed by atoms with Crippen LogP contribution in [0.4, 0.5) is 20.4 Å². The van der Waals surface area contributed by atoms with Gasteiger partial charge in [-0.3, -0.25) is 4.79 Å². The van der Waals surface area contributed by atoms with Crippen LogP contribution in [0.25, 0.3) is 11.3 Å². The fraction of sp³-hybridized carbons (Fsp3) is 0.292. The van der Waals surface area contributed by atoms with Gasteiger partial charge in [0.1, 0.15) is 28.2 Å². The predicted octanol–water partition coefficient (Wildman–Crippen LogP) is 3.75. The van der Waals surface area contributed by atoms with Crippen LogP contribution < -0.4 is 15.4 Å². The van der Waals surface area contributed by atoms with E-state index in [1.54, 1.807) is 0 Å². The van der Waals surface area contributed by atoms with Gasteiger partial charge in [0.25, 0.3) is 15.9 Å². The summed E-state index contributed by atoms with van der Waals surface area (Å²) in [5.41, 5.74) is 5.28. The van der Waals surface area contributed by atoms with Crippen molar-refractivity contribution in [3.8, 4) is 11.3 Å². The maximum Gasteiger partial charge on any atom is 0.268 e. The number of rotatable bonds is 5. The standard InChI is InChI=1S/C24H25F2N5O3S/c1-14-12-24(2,3)31(13-14)22-16(7-9-19(29-22)17-11-15(25)6-8-18(17)26)23(32)30-35(33,34)20-5-4-10-28-21(20)27/h4-11,14H,12-13H2,1-3H3,(H2,27,28)(H,30,32)/t14-/m0/s1. The summed E-state index contributed by atoms with van der Waals surface area (Å²) in [7, 11) is -4.34. The Morgan fingerprint density at radius 1 is 1.20 bits per heavy atom. The molecule has 1 saturated heterocycles. The molecule has 0 unspecified atom stereocenters. The Hall–Kier alpha value is -3.60. The lowest BCUT2D eigenvalue weighted by Crippen LogP contribution is -2.41. The Balaban J connectivity index is 1.81. The van der Waals surface area contributed by atoms with Gasteiger partial charge in [-0.05, 0) is 68.7 Å². The molecule has 1 aromatic carbocycles. The third-order valence-corrected chi connectivity index (χ3v) is 7.35. The molecule has 0 spiro atoms. The molecule has 3 heterocycles. The number of amides is 1. The molecule has 0 aliphatic carbocycles. The number of nitrogens with two attached hydrogens (primary N) is 1. The number of sulfonamides is 1. The zero-order chi connectivity index (χ0) is 25.5. The first-order valence-corrected chi connectivity index (χ1v) is 12.4. The first kappa shape index (κ1) is 24.5. The van der Waals surface area contributed by atoms with Crippen molar-refractivity contribution in [3.63, 3.8) is 0 Å². The topological polar surface area (TPSA) is 118 Å². The van der Waals surface area contributed by atoms with Gasteiger partial charge in [0.15, 0.2) is 0 Å².